The van der Waals surface area contributed by atoms with Gasteiger partial charge in [0.15, 0.2) is 0 Å². The van der Waals surface area contributed by atoms with Crippen LogP contribution in [-0.4, -0.2) is 30.6 Å². The van der Waals surface area contributed by atoms with Crippen molar-refractivity contribution in [2.75, 3.05) is 25.1 Å². The lowest BCUT2D eigenvalue weighted by atomic mass is 10.3. The van der Waals surface area contributed by atoms with Crippen LogP contribution in [-0.2, 0) is 9.53 Å². The number of nitrogens with one attached hydrogen (secondary N) is 2. The van der Waals surface area contributed by atoms with E-state index in [0.717, 1.165) is 31.4 Å². The van der Waals surface area contributed by atoms with Crippen LogP contribution in [0.4, 0.5) is 5.82 Å². The van der Waals surface area contributed by atoms with Crippen molar-refractivity contribution in [2.45, 2.75) is 33.1 Å². The van der Waals surface area contributed by atoms with E-state index in [-0.39, 0.29) is 5.57 Å². The van der Waals surface area contributed by atoms with Gasteiger partial charge in [0.05, 0.1) is 0 Å². The Morgan fingerprint density at radius 1 is 1.39 bits per heavy atom. The number of ether oxygens (including phenoxy) is 1. The molecule has 0 radical (unpaired) electrons. The first-order chi connectivity index (χ1) is 11.2. The Kier molecular flexibility index (Phi) is 9.10. The van der Waals surface area contributed by atoms with E-state index in [9.17, 15) is 4.79 Å². The topological polar surface area (TPSA) is 87.0 Å². The molecule has 1 rings (SSSR count). The highest BCUT2D eigenvalue weighted by molar-refractivity contribution is 5.97. The fourth-order valence-electron chi connectivity index (χ4n) is 1.67. The first-order valence-electron chi connectivity index (χ1n) is 7.82. The summed E-state index contributed by atoms with van der Waals surface area (Å²) in [6.45, 7) is 5.89. The number of nitrogens with zero attached hydrogens (tertiary/aromatic N) is 2. The molecule has 1 aromatic heterocycles. The third-order valence-electron chi connectivity index (χ3n) is 3.03. The predicted molar refractivity (Wildman–Crippen MR) is 89.6 cm³/mol. The number of unbranched alkanes of at least 4 members (excludes halogenated alkanes) is 1. The quantitative estimate of drug-likeness (QED) is 0.393. The number of carbonyl (C=O) groups excluding carboxylic acids is 1. The zero-order valence-corrected chi connectivity index (χ0v) is 13.8. The van der Waals surface area contributed by atoms with Gasteiger partial charge in [-0.15, -0.1) is 0 Å². The third-order valence-corrected chi connectivity index (χ3v) is 3.03. The Balaban J connectivity index is 2.32. The fourth-order valence-corrected chi connectivity index (χ4v) is 1.67. The highest BCUT2D eigenvalue weighted by Crippen LogP contribution is 2.04. The lowest BCUT2D eigenvalue weighted by molar-refractivity contribution is -0.117. The maximum absolute atomic E-state index is 11.9. The molecule has 0 aliphatic rings. The molecule has 0 aliphatic heterocycles. The summed E-state index contributed by atoms with van der Waals surface area (Å²) in [5.74, 6) is 0.182. The van der Waals surface area contributed by atoms with E-state index in [0.29, 0.717) is 19.0 Å². The van der Waals surface area contributed by atoms with Crippen LogP contribution in [0.25, 0.3) is 0 Å². The number of hydrogen-bond acceptors (Lipinski definition) is 5. The van der Waals surface area contributed by atoms with E-state index in [1.54, 1.807) is 12.3 Å². The lowest BCUT2D eigenvalue weighted by Crippen LogP contribution is -2.26. The van der Waals surface area contributed by atoms with Crippen LogP contribution in [0.3, 0.4) is 0 Å². The number of aryl methyl sites for hydroxylation is 1. The average molecular weight is 316 g/mol. The van der Waals surface area contributed by atoms with Gasteiger partial charge in [-0.05, 0) is 31.4 Å². The summed E-state index contributed by atoms with van der Waals surface area (Å²) in [6, 6.07) is 5.56. The molecule has 0 saturated heterocycles. The van der Waals surface area contributed by atoms with Crippen LogP contribution in [0, 0.1) is 18.3 Å². The van der Waals surface area contributed by atoms with Crippen LogP contribution < -0.4 is 10.6 Å². The zero-order chi connectivity index (χ0) is 16.9. The van der Waals surface area contributed by atoms with Gasteiger partial charge >= 0.3 is 0 Å². The highest BCUT2D eigenvalue weighted by atomic mass is 16.5. The molecule has 1 aromatic rings. The van der Waals surface area contributed by atoms with Gasteiger partial charge in [-0.2, -0.15) is 5.26 Å². The molecular weight excluding hydrogens is 292 g/mol. The average Bonchev–Trinajstić information content (AvgIpc) is 2.56. The van der Waals surface area contributed by atoms with Gasteiger partial charge < -0.3 is 15.4 Å². The van der Waals surface area contributed by atoms with Crippen molar-refractivity contribution in [1.29, 1.82) is 5.26 Å². The Hall–Kier alpha value is -2.39. The smallest absolute Gasteiger partial charge is 0.263 e. The number of rotatable bonds is 10. The molecule has 2 N–H and O–H groups in total. The summed E-state index contributed by atoms with van der Waals surface area (Å²) in [7, 11) is 0. The first kappa shape index (κ1) is 18.7. The Bertz CT molecular complexity index is 547. The summed E-state index contributed by atoms with van der Waals surface area (Å²) in [4.78, 5) is 16.0. The van der Waals surface area contributed by atoms with Crippen molar-refractivity contribution in [2.24, 2.45) is 0 Å². The molecule has 0 atom stereocenters. The predicted octanol–water partition coefficient (Wildman–Crippen LogP) is 2.53. The zero-order valence-electron chi connectivity index (χ0n) is 13.8. The van der Waals surface area contributed by atoms with E-state index in [1.807, 2.05) is 19.1 Å². The highest BCUT2D eigenvalue weighted by Gasteiger charge is 2.07. The molecule has 6 nitrogen and oxygen atoms in total. The van der Waals surface area contributed by atoms with E-state index >= 15 is 0 Å². The van der Waals surface area contributed by atoms with Crippen molar-refractivity contribution in [3.8, 4) is 6.07 Å². The van der Waals surface area contributed by atoms with E-state index in [1.165, 1.54) is 6.20 Å². The van der Waals surface area contributed by atoms with Crippen LogP contribution in [0.2, 0.25) is 0 Å². The van der Waals surface area contributed by atoms with Gasteiger partial charge in [-0.3, -0.25) is 4.79 Å². The molecule has 23 heavy (non-hydrogen) atoms. The molecular formula is C17H24N4O2. The van der Waals surface area contributed by atoms with Gasteiger partial charge in [-0.1, -0.05) is 19.4 Å². The SMILES string of the molecule is CCCCOCCCNC(=O)/C(C#N)=C\Nc1ccc(C)cn1. The molecule has 0 aromatic carbocycles. The number of anilines is 1. The second kappa shape index (κ2) is 11.2. The summed E-state index contributed by atoms with van der Waals surface area (Å²) in [5, 5.41) is 14.6. The maximum atomic E-state index is 11.9. The molecule has 1 amide bonds. The summed E-state index contributed by atoms with van der Waals surface area (Å²) < 4.78 is 5.41. The molecule has 0 fully saturated rings. The second-order valence-electron chi connectivity index (χ2n) is 5.11. The van der Waals surface area contributed by atoms with Crippen molar-refractivity contribution in [1.82, 2.24) is 10.3 Å². The van der Waals surface area contributed by atoms with Gasteiger partial charge in [0, 0.05) is 32.2 Å². The van der Waals surface area contributed by atoms with E-state index < -0.39 is 5.91 Å². The monoisotopic (exact) mass is 316 g/mol. The van der Waals surface area contributed by atoms with Crippen LogP contribution >= 0.6 is 0 Å². The van der Waals surface area contributed by atoms with Gasteiger partial charge in [-0.25, -0.2) is 4.98 Å². The molecule has 0 unspecified atom stereocenters. The fraction of sp³-hybridized carbons (Fsp3) is 0.471. The van der Waals surface area contributed by atoms with E-state index in [4.69, 9.17) is 10.00 Å². The number of carbonyl (C=O) groups is 1. The van der Waals surface area contributed by atoms with Crippen molar-refractivity contribution in [3.05, 3.63) is 35.7 Å². The second-order valence-corrected chi connectivity index (χ2v) is 5.11. The Labute approximate surface area is 137 Å². The molecule has 1 heterocycles. The van der Waals surface area contributed by atoms with Crippen molar-refractivity contribution < 1.29 is 9.53 Å². The number of aromatic nitrogens is 1. The first-order valence-corrected chi connectivity index (χ1v) is 7.82. The van der Waals surface area contributed by atoms with Crippen LogP contribution in [0.1, 0.15) is 31.7 Å². The Morgan fingerprint density at radius 3 is 2.83 bits per heavy atom. The minimum absolute atomic E-state index is 0.0132. The number of amides is 1. The number of nitriles is 1. The summed E-state index contributed by atoms with van der Waals surface area (Å²) in [5.41, 5.74) is 1.05. The minimum Gasteiger partial charge on any atom is -0.381 e. The normalized spacial score (nSPS) is 10.9. The Morgan fingerprint density at radius 2 is 2.17 bits per heavy atom. The lowest BCUT2D eigenvalue weighted by Gasteiger charge is -2.06. The largest absolute Gasteiger partial charge is 0.381 e. The molecule has 0 saturated carbocycles. The molecule has 6 heteroatoms. The molecule has 0 spiro atoms. The molecule has 124 valence electrons. The molecule has 0 bridgehead atoms. The maximum Gasteiger partial charge on any atom is 0.263 e. The number of pyridine rings is 1. The molecule has 0 aliphatic carbocycles. The van der Waals surface area contributed by atoms with Gasteiger partial charge in [0.2, 0.25) is 0 Å². The van der Waals surface area contributed by atoms with Gasteiger partial charge in [0.25, 0.3) is 5.91 Å². The van der Waals surface area contributed by atoms with E-state index in [2.05, 4.69) is 22.5 Å². The van der Waals surface area contributed by atoms with Crippen molar-refractivity contribution >= 4 is 11.7 Å². The third kappa shape index (κ3) is 7.98. The summed E-state index contributed by atoms with van der Waals surface area (Å²) in [6.07, 6.45) is 5.95. The van der Waals surface area contributed by atoms with Gasteiger partial charge in [0.1, 0.15) is 17.5 Å². The minimum atomic E-state index is -0.402. The van der Waals surface area contributed by atoms with Crippen LogP contribution in [0.15, 0.2) is 30.1 Å². The standard InChI is InChI=1S/C17H24N4O2/c1-3-4-9-23-10-5-8-19-17(22)15(11-18)13-21-16-7-6-14(2)12-20-16/h6-7,12-13H,3-5,8-10H2,1-2H3,(H,19,22)(H,20,21)/b15-13-. The number of hydrogen-bond donors (Lipinski definition) is 2. The van der Waals surface area contributed by atoms with Crippen LogP contribution in [0.5, 0.6) is 0 Å². The van der Waals surface area contributed by atoms with Crippen molar-refractivity contribution in [3.63, 3.8) is 0 Å². The summed E-state index contributed by atoms with van der Waals surface area (Å²) >= 11 is 0.